The fourth-order valence-electron chi connectivity index (χ4n) is 3.43. The fourth-order valence-corrected chi connectivity index (χ4v) is 3.56. The smallest absolute Gasteiger partial charge is 0.451 e. The van der Waals surface area contributed by atoms with Crippen LogP contribution in [0.1, 0.15) is 37.7 Å². The molecule has 1 aliphatic rings. The van der Waals surface area contributed by atoms with Gasteiger partial charge >= 0.3 is 13.1 Å². The molecule has 0 radical (unpaired) electrons. The van der Waals surface area contributed by atoms with Crippen molar-refractivity contribution >= 4 is 24.7 Å². The minimum atomic E-state index is -1.37. The Morgan fingerprint density at radius 1 is 1.29 bits per heavy atom. The molecular weight excluding hydrogens is 330 g/mol. The van der Waals surface area contributed by atoms with Crippen LogP contribution in [0.3, 0.4) is 0 Å². The molecule has 0 spiro atoms. The Labute approximate surface area is 146 Å². The number of carbonyl (C=O) groups is 1. The van der Waals surface area contributed by atoms with Gasteiger partial charge in [0.25, 0.3) is 0 Å². The summed E-state index contributed by atoms with van der Waals surface area (Å²) in [5.41, 5.74) is 11.6. The zero-order valence-corrected chi connectivity index (χ0v) is 14.2. The molecule has 2 rings (SSSR count). The Morgan fingerprint density at radius 2 is 1.88 bits per heavy atom. The third kappa shape index (κ3) is 4.10. The summed E-state index contributed by atoms with van der Waals surface area (Å²) < 4.78 is 0. The number of carboxylic acids is 1. The van der Waals surface area contributed by atoms with E-state index < -0.39 is 24.2 Å². The molecule has 1 fully saturated rings. The van der Waals surface area contributed by atoms with Gasteiger partial charge in [0.05, 0.1) is 0 Å². The number of hydrogen-bond acceptors (Lipinski definition) is 5. The Hall–Kier alpha value is -1.12. The van der Waals surface area contributed by atoms with Gasteiger partial charge in [-0.15, -0.1) is 0 Å². The average Bonchev–Trinajstić information content (AvgIpc) is 2.48. The Bertz CT molecular complexity index is 578. The van der Waals surface area contributed by atoms with Crippen molar-refractivity contribution in [2.75, 3.05) is 0 Å². The molecule has 0 amide bonds. The Balaban J connectivity index is 1.98. The van der Waals surface area contributed by atoms with Crippen molar-refractivity contribution in [1.82, 2.24) is 0 Å². The molecule has 1 aromatic carbocycles. The molecule has 8 heteroatoms. The van der Waals surface area contributed by atoms with Crippen molar-refractivity contribution in [3.05, 3.63) is 34.9 Å². The highest BCUT2D eigenvalue weighted by atomic mass is 35.5. The van der Waals surface area contributed by atoms with Gasteiger partial charge < -0.3 is 26.6 Å². The quantitative estimate of drug-likeness (QED) is 0.354. The van der Waals surface area contributed by atoms with E-state index in [-0.39, 0.29) is 18.7 Å². The summed E-state index contributed by atoms with van der Waals surface area (Å²) in [5, 5.41) is 27.9. The summed E-state index contributed by atoms with van der Waals surface area (Å²) in [6.07, 6.45) is 2.54. The largest absolute Gasteiger partial charge is 0.480 e. The van der Waals surface area contributed by atoms with E-state index in [1.807, 2.05) is 12.1 Å². The molecule has 1 unspecified atom stereocenters. The summed E-state index contributed by atoms with van der Waals surface area (Å²) >= 11 is 5.88. The molecular formula is C16H24BClN2O4. The van der Waals surface area contributed by atoms with Crippen LogP contribution in [0, 0.1) is 5.92 Å². The monoisotopic (exact) mass is 354 g/mol. The number of carboxylic acid groups (broad SMARTS) is 1. The van der Waals surface area contributed by atoms with Crippen LogP contribution >= 0.6 is 11.6 Å². The highest BCUT2D eigenvalue weighted by molar-refractivity contribution is 6.40. The lowest BCUT2D eigenvalue weighted by molar-refractivity contribution is -0.149. The van der Waals surface area contributed by atoms with Crippen molar-refractivity contribution < 1.29 is 19.9 Å². The maximum atomic E-state index is 11.7. The number of hydrogen-bond donors (Lipinski definition) is 5. The number of rotatable bonds is 8. The van der Waals surface area contributed by atoms with Gasteiger partial charge in [0.1, 0.15) is 5.54 Å². The second-order valence-corrected chi connectivity index (χ2v) is 7.28. The van der Waals surface area contributed by atoms with Crippen molar-refractivity contribution in [2.45, 2.75) is 49.5 Å². The third-order valence-electron chi connectivity index (χ3n) is 5.07. The predicted octanol–water partition coefficient (Wildman–Crippen LogP) is 1.33. The minimum absolute atomic E-state index is 0.213. The maximum absolute atomic E-state index is 11.7. The molecule has 1 saturated carbocycles. The predicted molar refractivity (Wildman–Crippen MR) is 93.4 cm³/mol. The third-order valence-corrected chi connectivity index (χ3v) is 5.32. The van der Waals surface area contributed by atoms with Crippen LogP contribution in [-0.2, 0) is 10.3 Å². The zero-order valence-electron chi connectivity index (χ0n) is 13.5. The zero-order chi connectivity index (χ0) is 18.0. The molecule has 24 heavy (non-hydrogen) atoms. The van der Waals surface area contributed by atoms with Gasteiger partial charge in [0, 0.05) is 10.6 Å². The lowest BCUT2D eigenvalue weighted by Crippen LogP contribution is -2.64. The van der Waals surface area contributed by atoms with Crippen LogP contribution in [-0.4, -0.2) is 33.8 Å². The maximum Gasteiger partial charge on any atom is 0.451 e. The van der Waals surface area contributed by atoms with Crippen LogP contribution in [0.15, 0.2) is 24.3 Å². The van der Waals surface area contributed by atoms with Crippen molar-refractivity contribution in [3.8, 4) is 0 Å². The van der Waals surface area contributed by atoms with Crippen molar-refractivity contribution in [3.63, 3.8) is 0 Å². The van der Waals surface area contributed by atoms with Crippen molar-refractivity contribution in [1.29, 1.82) is 0 Å². The van der Waals surface area contributed by atoms with Crippen LogP contribution < -0.4 is 11.5 Å². The van der Waals surface area contributed by atoms with E-state index in [4.69, 9.17) is 33.1 Å². The summed E-state index contributed by atoms with van der Waals surface area (Å²) in [4.78, 5) is 11.7. The first-order chi connectivity index (χ1) is 11.2. The molecule has 0 aromatic heterocycles. The van der Waals surface area contributed by atoms with Gasteiger partial charge in [-0.05, 0) is 49.2 Å². The minimum Gasteiger partial charge on any atom is -0.480 e. The number of halogens is 1. The second kappa shape index (κ2) is 7.41. The molecule has 0 saturated heterocycles. The number of nitrogens with two attached hydrogens (primary N) is 2. The molecule has 7 N–H and O–H groups in total. The van der Waals surface area contributed by atoms with E-state index in [2.05, 4.69) is 0 Å². The van der Waals surface area contributed by atoms with Gasteiger partial charge in [-0.25, -0.2) is 0 Å². The van der Waals surface area contributed by atoms with Gasteiger partial charge in [-0.2, -0.15) is 0 Å². The number of benzene rings is 1. The summed E-state index contributed by atoms with van der Waals surface area (Å²) in [6.45, 7) is 0. The second-order valence-electron chi connectivity index (χ2n) is 6.84. The normalized spacial score (nSPS) is 25.6. The number of aliphatic carboxylic acids is 1. The summed E-state index contributed by atoms with van der Waals surface area (Å²) in [6, 6.07) is 7.26. The summed E-state index contributed by atoms with van der Waals surface area (Å²) in [7, 11) is -1.37. The molecule has 1 aliphatic carbocycles. The van der Waals surface area contributed by atoms with Crippen LogP contribution in [0.5, 0.6) is 0 Å². The van der Waals surface area contributed by atoms with E-state index in [0.717, 1.165) is 5.56 Å². The van der Waals surface area contributed by atoms with E-state index in [0.29, 0.717) is 30.7 Å². The highest BCUT2D eigenvalue weighted by Crippen LogP contribution is 2.49. The van der Waals surface area contributed by atoms with Crippen LogP contribution in [0.4, 0.5) is 0 Å². The first-order valence-electron chi connectivity index (χ1n) is 8.11. The first-order valence-corrected chi connectivity index (χ1v) is 8.48. The average molecular weight is 355 g/mol. The molecule has 6 nitrogen and oxygen atoms in total. The molecule has 1 atom stereocenters. The van der Waals surface area contributed by atoms with E-state index >= 15 is 0 Å². The standard InChI is InChI=1S/C16H24BClN2O4/c18-13-5-3-11(4-6-13)15(19)9-12(10-15)16(20,14(21)22)7-1-2-8-17(23)24/h3-6,12,23-24H,1-2,7-10,19-20H2,(H,21,22). The van der Waals surface area contributed by atoms with E-state index in [1.165, 1.54) is 0 Å². The molecule has 132 valence electrons. The van der Waals surface area contributed by atoms with E-state index in [9.17, 15) is 9.90 Å². The van der Waals surface area contributed by atoms with E-state index in [1.54, 1.807) is 12.1 Å². The lowest BCUT2D eigenvalue weighted by Gasteiger charge is -2.51. The topological polar surface area (TPSA) is 130 Å². The SMILES string of the molecule is NC1(c2ccc(Cl)cc2)CC(C(N)(CCCCB(O)O)C(=O)O)C1. The van der Waals surface area contributed by atoms with Gasteiger partial charge in [-0.1, -0.05) is 36.6 Å². The fraction of sp³-hybridized carbons (Fsp3) is 0.562. The summed E-state index contributed by atoms with van der Waals surface area (Å²) in [5.74, 6) is -1.25. The van der Waals surface area contributed by atoms with Crippen molar-refractivity contribution in [2.24, 2.45) is 17.4 Å². The van der Waals surface area contributed by atoms with Gasteiger partial charge in [-0.3, -0.25) is 4.79 Å². The molecule has 0 heterocycles. The lowest BCUT2D eigenvalue weighted by atomic mass is 9.57. The number of unbranched alkanes of at least 4 members (excludes halogenated alkanes) is 1. The molecule has 1 aromatic rings. The highest BCUT2D eigenvalue weighted by Gasteiger charge is 2.54. The molecule has 0 bridgehead atoms. The Morgan fingerprint density at radius 3 is 2.38 bits per heavy atom. The van der Waals surface area contributed by atoms with Gasteiger partial charge in [0.2, 0.25) is 0 Å². The Kier molecular flexibility index (Phi) is 5.93. The van der Waals surface area contributed by atoms with Crippen LogP contribution in [0.2, 0.25) is 11.3 Å². The molecule has 0 aliphatic heterocycles. The van der Waals surface area contributed by atoms with Crippen LogP contribution in [0.25, 0.3) is 0 Å². The van der Waals surface area contributed by atoms with Gasteiger partial charge in [0.15, 0.2) is 0 Å². The first kappa shape index (κ1) is 19.2.